The van der Waals surface area contributed by atoms with E-state index in [4.69, 9.17) is 2.97 Å². The van der Waals surface area contributed by atoms with Gasteiger partial charge in [-0.1, -0.05) is 131 Å². The average molecular weight is 592 g/mol. The zero-order valence-corrected chi connectivity index (χ0v) is 26.5. The average Bonchev–Trinajstić information content (AvgIpc) is 3.49. The molecule has 0 heteroatoms. The lowest BCUT2D eigenvalue weighted by molar-refractivity contribution is 0.655. The van der Waals surface area contributed by atoms with Crippen molar-refractivity contribution in [1.29, 1.82) is 0 Å². The van der Waals surface area contributed by atoms with Crippen LogP contribution in [-0.4, -0.2) is 0 Å². The van der Waals surface area contributed by atoms with Crippen molar-refractivity contribution < 1.29 is 4.40 Å². The van der Waals surface area contributed by atoms with Crippen molar-refractivity contribution in [1.82, 2.24) is 0 Å². The van der Waals surface area contributed by atoms with Crippen LogP contribution >= 0.6 is 0 Å². The van der Waals surface area contributed by atoms with Crippen LogP contribution in [0.25, 0.3) is 86.9 Å². The summed E-state index contributed by atoms with van der Waals surface area (Å²) in [5, 5.41) is 16.3. The van der Waals surface area contributed by atoms with Crippen LogP contribution < -0.4 is 0 Å². The largest absolute Gasteiger partial charge is 0.0616 e. The van der Waals surface area contributed by atoms with Crippen LogP contribution in [0.4, 0.5) is 0 Å². The predicted molar refractivity (Wildman–Crippen MR) is 202 cm³/mol. The van der Waals surface area contributed by atoms with E-state index < -0.39 is 0 Å². The molecule has 0 bridgehead atoms. The molecule has 0 nitrogen and oxygen atoms in total. The molecule has 46 heavy (non-hydrogen) atoms. The van der Waals surface area contributed by atoms with Gasteiger partial charge in [0.2, 0.25) is 0 Å². The third-order valence-corrected chi connectivity index (χ3v) is 11.9. The summed E-state index contributed by atoms with van der Waals surface area (Å²) in [5.74, 6) is 0. The van der Waals surface area contributed by atoms with Gasteiger partial charge in [-0.25, -0.2) is 0 Å². The van der Waals surface area contributed by atoms with Crippen molar-refractivity contribution in [2.75, 3.05) is 0 Å². The molecule has 0 radical (unpaired) electrons. The van der Waals surface area contributed by atoms with Gasteiger partial charge >= 0.3 is 0 Å². The Labute approximate surface area is 272 Å². The van der Waals surface area contributed by atoms with E-state index in [2.05, 4.69) is 149 Å². The summed E-state index contributed by atoms with van der Waals surface area (Å²) in [4.78, 5) is 0. The molecule has 9 aromatic rings. The molecule has 2 aliphatic rings. The van der Waals surface area contributed by atoms with Gasteiger partial charge in [0.25, 0.3) is 0 Å². The molecule has 0 spiro atoms. The quantitative estimate of drug-likeness (QED) is 0.154. The Morgan fingerprint density at radius 3 is 1.78 bits per heavy atom. The molecule has 220 valence electrons. The molecule has 0 heterocycles. The molecule has 0 aromatic heterocycles. The molecule has 0 saturated carbocycles. The van der Waals surface area contributed by atoms with Crippen LogP contribution in [0.15, 0.2) is 121 Å². The fourth-order valence-corrected chi connectivity index (χ4v) is 9.81. The zero-order valence-electron chi connectivity index (χ0n) is 28.5. The highest BCUT2D eigenvalue weighted by molar-refractivity contribution is 6.28. The van der Waals surface area contributed by atoms with Gasteiger partial charge in [-0.3, -0.25) is 0 Å². The lowest BCUT2D eigenvalue weighted by atomic mass is 9.77. The normalized spacial score (nSPS) is 15.9. The van der Waals surface area contributed by atoms with Crippen LogP contribution in [0, 0.1) is 0 Å². The molecule has 0 atom stereocenters. The minimum absolute atomic E-state index is 0. The summed E-state index contributed by atoms with van der Waals surface area (Å²) in [6, 6.07) is 46.5. The highest BCUT2D eigenvalue weighted by atomic mass is 14.5. The van der Waals surface area contributed by atoms with Gasteiger partial charge < -0.3 is 0 Å². The fourth-order valence-electron chi connectivity index (χ4n) is 9.81. The van der Waals surface area contributed by atoms with Crippen molar-refractivity contribution in [3.8, 4) is 22.3 Å². The minimum atomic E-state index is -0.152. The maximum absolute atomic E-state index is 5.00. The Hall–Kier alpha value is -5.20. The lowest BCUT2D eigenvalue weighted by Gasteiger charge is -2.25. The summed E-state index contributed by atoms with van der Waals surface area (Å²) in [6.07, 6.45) is 0. The summed E-state index contributed by atoms with van der Waals surface area (Å²) < 4.78 is 10.0. The SMILES string of the molecule is CC1(C)c2cc3c(cc2-c2c1cc1ccc4cccc5ccc2c1c45)C(C)(C)c1c-3c2ccccc2c2c1ccc1ccccc12.[2HH].[2H][2H]. The Bertz CT molecular complexity index is 2840. The van der Waals surface area contributed by atoms with Crippen molar-refractivity contribution in [2.45, 2.75) is 38.5 Å². The van der Waals surface area contributed by atoms with E-state index in [0.29, 0.717) is 0 Å². The molecule has 0 unspecified atom stereocenters. The molecule has 0 fully saturated rings. The highest BCUT2D eigenvalue weighted by Crippen LogP contribution is 2.60. The zero-order chi connectivity index (χ0) is 32.7. The van der Waals surface area contributed by atoms with Crippen LogP contribution in [0.2, 0.25) is 0 Å². The molecule has 0 N–H and O–H groups in total. The standard InChI is InChI=1S/C46H32.2H2/c1-45(2)36-24-35-37(23-34(36)42-32-20-19-27-12-9-11-26-16-17-28(22-38(42)45)40(32)39(26)27)46(3,4)44-33-21-18-25-10-5-6-13-29(25)41(33)30-14-7-8-15-31(30)43(35)44;;/h5-24H,1-4H3;2*1H/i;1+1D;1+1. The lowest BCUT2D eigenvalue weighted by Crippen LogP contribution is -2.17. The monoisotopic (exact) mass is 591 g/mol. The number of rotatable bonds is 0. The van der Waals surface area contributed by atoms with Gasteiger partial charge in [0.05, 0.1) is 0 Å². The second-order valence-corrected chi connectivity index (χ2v) is 14.9. The molecule has 11 rings (SSSR count). The summed E-state index contributed by atoms with van der Waals surface area (Å²) in [6.45, 7) is 9.79. The fraction of sp³-hybridized carbons (Fsp3) is 0.130. The summed E-state index contributed by atoms with van der Waals surface area (Å²) in [7, 11) is 0. The van der Waals surface area contributed by atoms with E-state index in [1.54, 1.807) is 0 Å². The molecule has 0 amide bonds. The maximum Gasteiger partial charge on any atom is 0.0165 e. The Balaban J connectivity index is 0.00000107. The van der Waals surface area contributed by atoms with Gasteiger partial charge in [-0.05, 0) is 127 Å². The van der Waals surface area contributed by atoms with E-state index in [0.717, 1.165) is 0 Å². The van der Waals surface area contributed by atoms with Gasteiger partial charge in [0, 0.05) is 15.2 Å². The molecular formula is C46H36. The number of hydrogen-bond donors (Lipinski definition) is 0. The van der Waals surface area contributed by atoms with Gasteiger partial charge in [0.15, 0.2) is 0 Å². The molecule has 9 aromatic carbocycles. The van der Waals surface area contributed by atoms with Gasteiger partial charge in [-0.15, -0.1) is 0 Å². The van der Waals surface area contributed by atoms with E-state index in [-0.39, 0.29) is 12.3 Å². The van der Waals surface area contributed by atoms with Gasteiger partial charge in [0.1, 0.15) is 0 Å². The van der Waals surface area contributed by atoms with Crippen LogP contribution in [0.5, 0.6) is 0 Å². The van der Waals surface area contributed by atoms with Crippen LogP contribution in [0.1, 0.15) is 54.3 Å². The maximum atomic E-state index is 5.00. The summed E-state index contributed by atoms with van der Waals surface area (Å²) in [5.41, 5.74) is 11.2. The van der Waals surface area contributed by atoms with Crippen LogP contribution in [-0.2, 0) is 10.8 Å². The van der Waals surface area contributed by atoms with E-state index in [1.165, 1.54) is 109 Å². The third-order valence-electron chi connectivity index (χ3n) is 11.9. The predicted octanol–water partition coefficient (Wildman–Crippen LogP) is 13.1. The second-order valence-electron chi connectivity index (χ2n) is 14.9. The Morgan fingerprint density at radius 2 is 0.978 bits per heavy atom. The molecule has 0 saturated heterocycles. The van der Waals surface area contributed by atoms with Crippen molar-refractivity contribution in [3.63, 3.8) is 0 Å². The second kappa shape index (κ2) is 7.95. The topological polar surface area (TPSA) is 0 Å². The van der Waals surface area contributed by atoms with Crippen molar-refractivity contribution >= 4 is 64.6 Å². The first kappa shape index (κ1) is 24.1. The van der Waals surface area contributed by atoms with Crippen LogP contribution in [0.3, 0.4) is 0 Å². The van der Waals surface area contributed by atoms with E-state index >= 15 is 0 Å². The summed E-state index contributed by atoms with van der Waals surface area (Å²) >= 11 is 0. The first-order valence-corrected chi connectivity index (χ1v) is 16.6. The number of hydrogen-bond acceptors (Lipinski definition) is 0. The third kappa shape index (κ3) is 2.76. The Morgan fingerprint density at radius 1 is 0.391 bits per heavy atom. The number of benzene rings is 9. The van der Waals surface area contributed by atoms with E-state index in [9.17, 15) is 0 Å². The Kier molecular flexibility index (Phi) is 4.16. The number of fused-ring (bicyclic) bond motifs is 14. The molecule has 2 aliphatic carbocycles. The minimum Gasteiger partial charge on any atom is -0.0616 e. The smallest absolute Gasteiger partial charge is 0.0165 e. The first-order valence-electron chi connectivity index (χ1n) is 17.6. The molecular weight excluding hydrogens is 553 g/mol. The van der Waals surface area contributed by atoms with Gasteiger partial charge in [-0.2, -0.15) is 0 Å². The van der Waals surface area contributed by atoms with Crippen molar-refractivity contribution in [2.24, 2.45) is 0 Å². The van der Waals surface area contributed by atoms with E-state index in [1.807, 2.05) is 0 Å². The van der Waals surface area contributed by atoms with Crippen molar-refractivity contribution in [3.05, 3.63) is 144 Å². The first-order chi connectivity index (χ1) is 23.3. The highest BCUT2D eigenvalue weighted by Gasteiger charge is 2.44. The molecule has 0 aliphatic heterocycles.